The van der Waals surface area contributed by atoms with Gasteiger partial charge in [0.25, 0.3) is 7.58 Å². The maximum Gasteiger partial charge on any atom is 0.301 e. The Morgan fingerprint density at radius 2 is 1.03 bits per heavy atom. The molecule has 0 aromatic heterocycles. The number of hydrogen-bond donors (Lipinski definition) is 1. The number of hydrogen-bond acceptors (Lipinski definition) is 14. The zero-order valence-corrected chi connectivity index (χ0v) is 27.9. The minimum atomic E-state index is -3.32. The first-order chi connectivity index (χ1) is 18.7. The van der Waals surface area contributed by atoms with E-state index in [0.717, 1.165) is 13.0 Å². The van der Waals surface area contributed by atoms with Crippen molar-refractivity contribution in [3.63, 3.8) is 0 Å². The Labute approximate surface area is 243 Å². The third-order valence-corrected chi connectivity index (χ3v) is 15.2. The minimum Gasteiger partial charge on any atom is -0.382 e. The van der Waals surface area contributed by atoms with Crippen molar-refractivity contribution in [2.75, 3.05) is 128 Å². The molecule has 0 aromatic carbocycles. The van der Waals surface area contributed by atoms with Crippen LogP contribution in [0.3, 0.4) is 0 Å². The van der Waals surface area contributed by atoms with Gasteiger partial charge in [-0.05, 0) is 49.5 Å². The molecule has 0 radical (unpaired) electrons. The molecule has 234 valence electrons. The summed E-state index contributed by atoms with van der Waals surface area (Å²) in [4.78, 5) is 2.08. The van der Waals surface area contributed by atoms with Crippen LogP contribution in [-0.4, -0.2) is 133 Å². The molecular weight excluding hydrogens is 618 g/mol. The Morgan fingerprint density at radius 1 is 0.590 bits per heavy atom. The fourth-order valence-corrected chi connectivity index (χ4v) is 14.9. The van der Waals surface area contributed by atoms with Crippen molar-refractivity contribution < 1.29 is 42.0 Å². The Hall–Kier alpha value is 0.830. The molecule has 1 N–H and O–H groups in total. The quantitative estimate of drug-likeness (QED) is 0.100. The van der Waals surface area contributed by atoms with Gasteiger partial charge in [-0.15, -0.1) is 0 Å². The van der Waals surface area contributed by atoms with Crippen LogP contribution in [0.5, 0.6) is 0 Å². The van der Waals surface area contributed by atoms with Gasteiger partial charge in [0.2, 0.25) is 0 Å². The fraction of sp³-hybridized carbons (Fsp3) is 1.00. The van der Waals surface area contributed by atoms with E-state index in [0.29, 0.717) is 52.8 Å². The molecule has 1 aliphatic rings. The van der Waals surface area contributed by atoms with Gasteiger partial charge in [-0.3, -0.25) is 0 Å². The van der Waals surface area contributed by atoms with E-state index in [1.807, 2.05) is 14.1 Å². The van der Waals surface area contributed by atoms with Gasteiger partial charge in [0.05, 0.1) is 79.3 Å². The Morgan fingerprint density at radius 3 is 1.49 bits per heavy atom. The molecule has 0 saturated carbocycles. The molecule has 0 fully saturated rings. The van der Waals surface area contributed by atoms with Crippen LogP contribution in [0.4, 0.5) is 0 Å². The molecule has 39 heavy (non-hydrogen) atoms. The molecule has 3 unspecified atom stereocenters. The molecule has 0 aromatic rings. The molecule has 14 nitrogen and oxygen atoms in total. The van der Waals surface area contributed by atoms with Gasteiger partial charge in [0.15, 0.2) is 0 Å². The van der Waals surface area contributed by atoms with Gasteiger partial charge < -0.3 is 46.9 Å². The zero-order chi connectivity index (χ0) is 28.9. The highest BCUT2D eigenvalue weighted by Crippen LogP contribution is 2.81. The summed E-state index contributed by atoms with van der Waals surface area (Å²) in [6, 6.07) is 0. The van der Waals surface area contributed by atoms with Gasteiger partial charge >= 0.3 is 13.6 Å². The third-order valence-electron chi connectivity index (χ3n) is 4.54. The van der Waals surface area contributed by atoms with E-state index in [-0.39, 0.29) is 33.0 Å². The van der Waals surface area contributed by atoms with Crippen molar-refractivity contribution in [2.24, 2.45) is 13.5 Å². The van der Waals surface area contributed by atoms with E-state index in [2.05, 4.69) is 14.5 Å². The maximum atomic E-state index is 6.89. The number of rotatable bonds is 26. The number of halogens is 2. The molecule has 1 rings (SSSR count). The first-order valence-corrected chi connectivity index (χ1v) is 19.2. The molecule has 1 aliphatic heterocycles. The highest BCUT2D eigenvalue weighted by molar-refractivity contribution is 8.00. The summed E-state index contributed by atoms with van der Waals surface area (Å²) in [5.41, 5.74) is 0. The molecule has 0 bridgehead atoms. The van der Waals surface area contributed by atoms with Gasteiger partial charge in [-0.2, -0.15) is 13.5 Å². The standard InChI is InChI=1S/C20H46Cl2N5O9P3/c1-27(2)8-6-7-23-39(36-20-17-33-14-11-30-5)25-37(21,34-18-15-31-12-9-28-3)24-38(22,26-39)35-19-16-32-13-10-29-4/h23H,6-20H2,1-5H3. The van der Waals surface area contributed by atoms with E-state index < -0.39 is 21.2 Å². The van der Waals surface area contributed by atoms with Crippen LogP contribution in [0.15, 0.2) is 13.5 Å². The molecule has 0 amide bonds. The SMILES string of the molecule is COCCOCCOP1(Cl)=NP(Cl)(OCCOCCOC)=NP(NCCCN(C)C)(OCCOCCOC)=N1. The lowest BCUT2D eigenvalue weighted by molar-refractivity contribution is 0.0550. The summed E-state index contributed by atoms with van der Waals surface area (Å²) in [5.74, 6) is 0. The molecule has 0 saturated heterocycles. The molecule has 0 spiro atoms. The van der Waals surface area contributed by atoms with Crippen LogP contribution in [0.2, 0.25) is 0 Å². The van der Waals surface area contributed by atoms with Crippen molar-refractivity contribution in [2.45, 2.75) is 6.42 Å². The predicted octanol–water partition coefficient (Wildman–Crippen LogP) is 4.90. The summed E-state index contributed by atoms with van der Waals surface area (Å²) in [7, 11) is 5.68. The number of nitrogens with one attached hydrogen (secondary N) is 1. The van der Waals surface area contributed by atoms with Crippen molar-refractivity contribution in [3.8, 4) is 0 Å². The zero-order valence-electron chi connectivity index (χ0n) is 23.7. The van der Waals surface area contributed by atoms with E-state index in [1.54, 1.807) is 21.3 Å². The van der Waals surface area contributed by atoms with Crippen molar-refractivity contribution >= 4 is 43.6 Å². The van der Waals surface area contributed by atoms with Crippen molar-refractivity contribution in [1.29, 1.82) is 0 Å². The third kappa shape index (κ3) is 18.2. The number of ether oxygens (including phenoxy) is 6. The smallest absolute Gasteiger partial charge is 0.301 e. The van der Waals surface area contributed by atoms with Gasteiger partial charge in [0.1, 0.15) is 0 Å². The average Bonchev–Trinajstić information content (AvgIpc) is 2.87. The monoisotopic (exact) mass is 663 g/mol. The average molecular weight is 664 g/mol. The Balaban J connectivity index is 3.13. The van der Waals surface area contributed by atoms with Crippen molar-refractivity contribution in [1.82, 2.24) is 9.99 Å². The van der Waals surface area contributed by atoms with Gasteiger partial charge in [-0.25, -0.2) is 5.09 Å². The molecule has 0 aliphatic carbocycles. The first kappa shape index (κ1) is 37.9. The fourth-order valence-electron chi connectivity index (χ4n) is 2.75. The molecular formula is C20H46Cl2N5O9P3. The lowest BCUT2D eigenvalue weighted by Gasteiger charge is -2.30. The lowest BCUT2D eigenvalue weighted by atomic mass is 10.4. The summed E-state index contributed by atoms with van der Waals surface area (Å²) in [6.45, 7) is -1.21. The normalized spacial score (nSPS) is 24.9. The summed E-state index contributed by atoms with van der Waals surface area (Å²) < 4.78 is 63.6. The largest absolute Gasteiger partial charge is 0.382 e. The number of methoxy groups -OCH3 is 3. The van der Waals surface area contributed by atoms with Crippen LogP contribution < -0.4 is 5.09 Å². The lowest BCUT2D eigenvalue weighted by Crippen LogP contribution is -2.21. The minimum absolute atomic E-state index is 0.145. The van der Waals surface area contributed by atoms with Crippen LogP contribution in [0, 0.1) is 0 Å². The molecule has 3 atom stereocenters. The Bertz CT molecular complexity index is 793. The van der Waals surface area contributed by atoms with Crippen LogP contribution in [0.1, 0.15) is 6.42 Å². The predicted molar refractivity (Wildman–Crippen MR) is 157 cm³/mol. The van der Waals surface area contributed by atoms with Gasteiger partial charge in [0, 0.05) is 27.9 Å². The second-order valence-electron chi connectivity index (χ2n) is 8.14. The maximum absolute atomic E-state index is 6.89. The van der Waals surface area contributed by atoms with Crippen LogP contribution >= 0.6 is 43.6 Å². The summed E-state index contributed by atoms with van der Waals surface area (Å²) >= 11 is 13.8. The van der Waals surface area contributed by atoms with E-state index in [9.17, 15) is 0 Å². The van der Waals surface area contributed by atoms with Crippen LogP contribution in [-0.2, 0) is 42.0 Å². The number of nitrogens with zero attached hydrogens (tertiary/aromatic N) is 4. The Kier molecular flexibility index (Phi) is 21.7. The van der Waals surface area contributed by atoms with E-state index in [1.165, 1.54) is 0 Å². The topological polar surface area (TPSA) is 135 Å². The van der Waals surface area contributed by atoms with Crippen molar-refractivity contribution in [3.05, 3.63) is 0 Å². The second kappa shape index (κ2) is 22.4. The highest BCUT2D eigenvalue weighted by Gasteiger charge is 2.38. The van der Waals surface area contributed by atoms with E-state index in [4.69, 9.17) is 73.5 Å². The molecule has 1 heterocycles. The van der Waals surface area contributed by atoms with Gasteiger partial charge in [-0.1, -0.05) is 0 Å². The first-order valence-electron chi connectivity index (χ1n) is 12.6. The van der Waals surface area contributed by atoms with E-state index >= 15 is 0 Å². The second-order valence-corrected chi connectivity index (χ2v) is 17.0. The molecule has 19 heteroatoms. The van der Waals surface area contributed by atoms with Crippen LogP contribution in [0.25, 0.3) is 0 Å². The highest BCUT2D eigenvalue weighted by atomic mass is 35.7. The summed E-state index contributed by atoms with van der Waals surface area (Å²) in [6.07, 6.45) is 0.814. The summed E-state index contributed by atoms with van der Waals surface area (Å²) in [5, 5.41) is 3.36.